The summed E-state index contributed by atoms with van der Waals surface area (Å²) in [5.41, 5.74) is 0. The van der Waals surface area contributed by atoms with E-state index in [2.05, 4.69) is 34.1 Å². The van der Waals surface area contributed by atoms with Gasteiger partial charge in [0.15, 0.2) is 5.82 Å². The molecule has 2 fully saturated rings. The van der Waals surface area contributed by atoms with Crippen molar-refractivity contribution >= 4 is 0 Å². The first-order valence-electron chi connectivity index (χ1n) is 7.78. The molecule has 2 aromatic rings. The molecule has 21 heavy (non-hydrogen) atoms. The van der Waals surface area contributed by atoms with E-state index in [4.69, 9.17) is 8.94 Å². The predicted octanol–water partition coefficient (Wildman–Crippen LogP) is 3.30. The molecule has 0 saturated heterocycles. The fourth-order valence-corrected chi connectivity index (χ4v) is 2.79. The molecule has 0 aliphatic heterocycles. The number of aromatic nitrogens is 2. The van der Waals surface area contributed by atoms with Crippen molar-refractivity contribution in [2.75, 3.05) is 7.05 Å². The highest BCUT2D eigenvalue weighted by molar-refractivity contribution is 5.17. The van der Waals surface area contributed by atoms with Crippen molar-refractivity contribution in [2.24, 2.45) is 5.92 Å². The Morgan fingerprint density at radius 3 is 2.81 bits per heavy atom. The van der Waals surface area contributed by atoms with Crippen LogP contribution in [-0.4, -0.2) is 22.1 Å². The first-order valence-corrected chi connectivity index (χ1v) is 7.78. The van der Waals surface area contributed by atoms with Crippen molar-refractivity contribution in [3.05, 3.63) is 35.4 Å². The fourth-order valence-electron chi connectivity index (χ4n) is 2.79. The minimum absolute atomic E-state index is 0.543. The van der Waals surface area contributed by atoms with E-state index in [1.54, 1.807) is 0 Å². The standard InChI is InChI=1S/C16H21N3O2/c1-10-7-13(10)14-6-5-12(20-14)8-19(2)9-15-17-16(18-21-15)11-3-4-11/h5-6,10-11,13H,3-4,7-9H2,1-2H3/t10-,13-/m1/s1. The van der Waals surface area contributed by atoms with Crippen LogP contribution in [-0.2, 0) is 13.1 Å². The van der Waals surface area contributed by atoms with Crippen LogP contribution in [0.2, 0.25) is 0 Å². The first kappa shape index (κ1) is 13.1. The highest BCUT2D eigenvalue weighted by Crippen LogP contribution is 2.47. The highest BCUT2D eigenvalue weighted by Gasteiger charge is 2.36. The van der Waals surface area contributed by atoms with Crippen LogP contribution in [0, 0.1) is 5.92 Å². The SMILES string of the molecule is C[C@@H]1C[C@H]1c1ccc(CN(C)Cc2nc(C3CC3)no2)o1. The molecular weight excluding hydrogens is 266 g/mol. The quantitative estimate of drug-likeness (QED) is 0.816. The molecular formula is C16H21N3O2. The highest BCUT2D eigenvalue weighted by atomic mass is 16.5. The molecule has 2 aliphatic carbocycles. The lowest BCUT2D eigenvalue weighted by atomic mass is 10.3. The first-order chi connectivity index (χ1) is 10.2. The summed E-state index contributed by atoms with van der Waals surface area (Å²) in [5.74, 6) is 5.68. The lowest BCUT2D eigenvalue weighted by molar-refractivity contribution is 0.242. The Morgan fingerprint density at radius 2 is 2.10 bits per heavy atom. The smallest absolute Gasteiger partial charge is 0.240 e. The van der Waals surface area contributed by atoms with Gasteiger partial charge in [-0.05, 0) is 44.4 Å². The van der Waals surface area contributed by atoms with Crippen LogP contribution < -0.4 is 0 Å². The Balaban J connectivity index is 1.34. The molecule has 2 heterocycles. The maximum atomic E-state index is 5.93. The van der Waals surface area contributed by atoms with Gasteiger partial charge in [-0.15, -0.1) is 0 Å². The van der Waals surface area contributed by atoms with Crippen molar-refractivity contribution in [1.29, 1.82) is 0 Å². The van der Waals surface area contributed by atoms with Crippen LogP contribution in [0.5, 0.6) is 0 Å². The minimum atomic E-state index is 0.543. The number of hydrogen-bond acceptors (Lipinski definition) is 5. The molecule has 2 saturated carbocycles. The zero-order valence-electron chi connectivity index (χ0n) is 12.6. The van der Waals surface area contributed by atoms with Crippen LogP contribution in [0.25, 0.3) is 0 Å². The summed E-state index contributed by atoms with van der Waals surface area (Å²) >= 11 is 0. The number of furan rings is 1. The molecule has 112 valence electrons. The van der Waals surface area contributed by atoms with E-state index < -0.39 is 0 Å². The van der Waals surface area contributed by atoms with E-state index in [-0.39, 0.29) is 0 Å². The van der Waals surface area contributed by atoms with Crippen molar-refractivity contribution in [1.82, 2.24) is 15.0 Å². The van der Waals surface area contributed by atoms with Crippen molar-refractivity contribution in [3.63, 3.8) is 0 Å². The Morgan fingerprint density at radius 1 is 1.29 bits per heavy atom. The van der Waals surface area contributed by atoms with E-state index in [1.165, 1.54) is 19.3 Å². The van der Waals surface area contributed by atoms with Gasteiger partial charge in [0.1, 0.15) is 11.5 Å². The van der Waals surface area contributed by atoms with Gasteiger partial charge >= 0.3 is 0 Å². The molecule has 0 amide bonds. The molecule has 0 bridgehead atoms. The summed E-state index contributed by atoms with van der Waals surface area (Å²) in [6.45, 7) is 3.70. The lowest BCUT2D eigenvalue weighted by Crippen LogP contribution is -2.17. The van der Waals surface area contributed by atoms with Crippen LogP contribution in [0.3, 0.4) is 0 Å². The number of nitrogens with zero attached hydrogens (tertiary/aromatic N) is 3. The minimum Gasteiger partial charge on any atom is -0.464 e. The van der Waals surface area contributed by atoms with Gasteiger partial charge < -0.3 is 8.94 Å². The molecule has 5 nitrogen and oxygen atoms in total. The zero-order valence-corrected chi connectivity index (χ0v) is 12.6. The normalized spacial score (nSPS) is 24.7. The van der Waals surface area contributed by atoms with Gasteiger partial charge in [0.05, 0.1) is 13.1 Å². The lowest BCUT2D eigenvalue weighted by Gasteiger charge is -2.11. The summed E-state index contributed by atoms with van der Waals surface area (Å²) < 4.78 is 11.2. The average Bonchev–Trinajstić information content (AvgIpc) is 3.33. The Labute approximate surface area is 124 Å². The van der Waals surface area contributed by atoms with Gasteiger partial charge in [-0.2, -0.15) is 4.98 Å². The third kappa shape index (κ3) is 2.88. The summed E-state index contributed by atoms with van der Waals surface area (Å²) in [6, 6.07) is 4.20. The maximum absolute atomic E-state index is 5.93. The molecule has 0 unspecified atom stereocenters. The summed E-state index contributed by atoms with van der Waals surface area (Å²) in [6.07, 6.45) is 3.65. The Hall–Kier alpha value is -1.62. The average molecular weight is 287 g/mol. The number of hydrogen-bond donors (Lipinski definition) is 0. The summed E-state index contributed by atoms with van der Waals surface area (Å²) in [5, 5.41) is 4.05. The Kier molecular flexibility index (Phi) is 3.10. The van der Waals surface area contributed by atoms with E-state index in [9.17, 15) is 0 Å². The molecule has 2 atom stereocenters. The third-order valence-corrected chi connectivity index (χ3v) is 4.41. The summed E-state index contributed by atoms with van der Waals surface area (Å²) in [4.78, 5) is 6.60. The molecule has 0 spiro atoms. The molecule has 2 aromatic heterocycles. The van der Waals surface area contributed by atoms with Crippen molar-refractivity contribution in [2.45, 2.75) is 51.1 Å². The second-order valence-corrected chi connectivity index (χ2v) is 6.62. The van der Waals surface area contributed by atoms with Gasteiger partial charge in [-0.25, -0.2) is 0 Å². The molecule has 0 aromatic carbocycles. The van der Waals surface area contributed by atoms with Crippen LogP contribution in [0.15, 0.2) is 21.1 Å². The van der Waals surface area contributed by atoms with E-state index >= 15 is 0 Å². The molecule has 2 aliphatic rings. The summed E-state index contributed by atoms with van der Waals surface area (Å²) in [7, 11) is 2.04. The fraction of sp³-hybridized carbons (Fsp3) is 0.625. The van der Waals surface area contributed by atoms with Crippen LogP contribution in [0.4, 0.5) is 0 Å². The molecule has 0 N–H and O–H groups in total. The predicted molar refractivity (Wildman–Crippen MR) is 76.7 cm³/mol. The Bertz CT molecular complexity index is 629. The van der Waals surface area contributed by atoms with Crippen LogP contribution in [0.1, 0.15) is 61.3 Å². The van der Waals surface area contributed by atoms with Crippen molar-refractivity contribution < 1.29 is 8.94 Å². The van der Waals surface area contributed by atoms with E-state index in [0.717, 1.165) is 29.8 Å². The largest absolute Gasteiger partial charge is 0.464 e. The van der Waals surface area contributed by atoms with Gasteiger partial charge in [0, 0.05) is 11.8 Å². The second kappa shape index (κ2) is 4.98. The van der Waals surface area contributed by atoms with Gasteiger partial charge in [-0.3, -0.25) is 4.90 Å². The van der Waals surface area contributed by atoms with Crippen LogP contribution >= 0.6 is 0 Å². The third-order valence-electron chi connectivity index (χ3n) is 4.41. The molecule has 5 heteroatoms. The zero-order chi connectivity index (χ0) is 14.4. The topological polar surface area (TPSA) is 55.3 Å². The molecule has 4 rings (SSSR count). The van der Waals surface area contributed by atoms with Gasteiger partial charge in [0.2, 0.25) is 5.89 Å². The van der Waals surface area contributed by atoms with E-state index in [0.29, 0.717) is 24.3 Å². The van der Waals surface area contributed by atoms with Gasteiger partial charge in [0.25, 0.3) is 0 Å². The van der Waals surface area contributed by atoms with Crippen molar-refractivity contribution in [3.8, 4) is 0 Å². The molecule has 0 radical (unpaired) electrons. The maximum Gasteiger partial charge on any atom is 0.240 e. The van der Waals surface area contributed by atoms with Gasteiger partial charge in [-0.1, -0.05) is 12.1 Å². The monoisotopic (exact) mass is 287 g/mol. The second-order valence-electron chi connectivity index (χ2n) is 6.62. The number of rotatable bonds is 6. The van der Waals surface area contributed by atoms with E-state index in [1.807, 2.05) is 7.05 Å².